The Kier molecular flexibility index (Phi) is 3.29. The number of nitrogens with one attached hydrogen (secondary N) is 2. The zero-order valence-electron chi connectivity index (χ0n) is 9.17. The van der Waals surface area contributed by atoms with E-state index in [1.165, 1.54) is 7.11 Å². The van der Waals surface area contributed by atoms with Crippen LogP contribution in [-0.2, 0) is 11.3 Å². The highest BCUT2D eigenvalue weighted by Gasteiger charge is 2.07. The van der Waals surface area contributed by atoms with E-state index in [9.17, 15) is 4.79 Å². The normalized spacial score (nSPS) is 9.94. The van der Waals surface area contributed by atoms with Gasteiger partial charge in [0.25, 0.3) is 0 Å². The molecule has 7 heteroatoms. The van der Waals surface area contributed by atoms with Crippen molar-refractivity contribution >= 4 is 11.8 Å². The van der Waals surface area contributed by atoms with Crippen LogP contribution >= 0.6 is 0 Å². The number of rotatable bonds is 4. The molecule has 17 heavy (non-hydrogen) atoms. The highest BCUT2D eigenvalue weighted by molar-refractivity contribution is 5.86. The Morgan fingerprint density at radius 3 is 2.88 bits per heavy atom. The molecule has 0 saturated heterocycles. The molecule has 2 N–H and O–H groups in total. The third kappa shape index (κ3) is 2.77. The van der Waals surface area contributed by atoms with Gasteiger partial charge in [0.1, 0.15) is 5.82 Å². The quantitative estimate of drug-likeness (QED) is 0.751. The van der Waals surface area contributed by atoms with Crippen LogP contribution in [0.3, 0.4) is 0 Å². The van der Waals surface area contributed by atoms with Crippen LogP contribution in [0.15, 0.2) is 24.4 Å². The molecule has 2 rings (SSSR count). The number of aromatic amines is 1. The molecule has 0 aliphatic heterocycles. The van der Waals surface area contributed by atoms with Crippen molar-refractivity contribution in [1.82, 2.24) is 20.4 Å². The van der Waals surface area contributed by atoms with Crippen LogP contribution in [0.5, 0.6) is 0 Å². The molecule has 0 unspecified atom stereocenters. The minimum atomic E-state index is -0.502. The Labute approximate surface area is 97.2 Å². The van der Waals surface area contributed by atoms with Crippen molar-refractivity contribution in [2.45, 2.75) is 6.54 Å². The SMILES string of the molecule is COC(=O)c1ccc(NCc2ccn[nH]2)nn1. The average Bonchev–Trinajstić information content (AvgIpc) is 2.89. The first kappa shape index (κ1) is 11.1. The Bertz CT molecular complexity index is 480. The molecular formula is C10H11N5O2. The van der Waals surface area contributed by atoms with E-state index in [-0.39, 0.29) is 5.69 Å². The molecule has 0 radical (unpaired) electrons. The molecule has 0 aromatic carbocycles. The summed E-state index contributed by atoms with van der Waals surface area (Å²) in [6, 6.07) is 5.06. The summed E-state index contributed by atoms with van der Waals surface area (Å²) >= 11 is 0. The fourth-order valence-corrected chi connectivity index (χ4v) is 1.21. The predicted molar refractivity (Wildman–Crippen MR) is 59.3 cm³/mol. The highest BCUT2D eigenvalue weighted by Crippen LogP contribution is 2.04. The summed E-state index contributed by atoms with van der Waals surface area (Å²) in [6.45, 7) is 0.562. The third-order valence-corrected chi connectivity index (χ3v) is 2.08. The second kappa shape index (κ2) is 5.06. The number of H-pyrrole nitrogens is 1. The summed E-state index contributed by atoms with van der Waals surface area (Å²) in [5.41, 5.74) is 1.11. The Morgan fingerprint density at radius 1 is 1.41 bits per heavy atom. The number of aromatic nitrogens is 4. The van der Waals surface area contributed by atoms with E-state index in [0.717, 1.165) is 5.69 Å². The smallest absolute Gasteiger partial charge is 0.358 e. The van der Waals surface area contributed by atoms with Crippen molar-refractivity contribution in [2.24, 2.45) is 0 Å². The van der Waals surface area contributed by atoms with Crippen molar-refractivity contribution in [2.75, 3.05) is 12.4 Å². The summed E-state index contributed by atoms with van der Waals surface area (Å²) in [7, 11) is 1.30. The van der Waals surface area contributed by atoms with E-state index < -0.39 is 5.97 Å². The van der Waals surface area contributed by atoms with Crippen LogP contribution in [0, 0.1) is 0 Å². The summed E-state index contributed by atoms with van der Waals surface area (Å²) in [5.74, 6) is 0.0740. The monoisotopic (exact) mass is 233 g/mol. The lowest BCUT2D eigenvalue weighted by Crippen LogP contribution is -2.08. The molecule has 0 amide bonds. The second-order valence-corrected chi connectivity index (χ2v) is 3.23. The van der Waals surface area contributed by atoms with Crippen molar-refractivity contribution < 1.29 is 9.53 Å². The number of methoxy groups -OCH3 is 1. The fourth-order valence-electron chi connectivity index (χ4n) is 1.21. The molecule has 88 valence electrons. The fraction of sp³-hybridized carbons (Fsp3) is 0.200. The summed E-state index contributed by atoms with van der Waals surface area (Å²) in [6.07, 6.45) is 1.67. The maximum atomic E-state index is 11.1. The first-order valence-corrected chi connectivity index (χ1v) is 4.94. The van der Waals surface area contributed by atoms with Crippen molar-refractivity contribution in [3.8, 4) is 0 Å². The Hall–Kier alpha value is -2.44. The van der Waals surface area contributed by atoms with Gasteiger partial charge in [0, 0.05) is 6.20 Å². The summed E-state index contributed by atoms with van der Waals surface area (Å²) in [5, 5.41) is 17.3. The number of esters is 1. The van der Waals surface area contributed by atoms with Crippen LogP contribution in [0.25, 0.3) is 0 Å². The molecule has 0 fully saturated rings. The zero-order valence-corrected chi connectivity index (χ0v) is 9.17. The van der Waals surface area contributed by atoms with E-state index in [4.69, 9.17) is 0 Å². The van der Waals surface area contributed by atoms with Crippen LogP contribution in [0.1, 0.15) is 16.2 Å². The molecular weight excluding hydrogens is 222 g/mol. The molecule has 0 spiro atoms. The van der Waals surface area contributed by atoms with Gasteiger partial charge >= 0.3 is 5.97 Å². The lowest BCUT2D eigenvalue weighted by Gasteiger charge is -2.03. The van der Waals surface area contributed by atoms with E-state index in [2.05, 4.69) is 30.4 Å². The largest absolute Gasteiger partial charge is 0.464 e. The number of hydrogen-bond acceptors (Lipinski definition) is 6. The Morgan fingerprint density at radius 2 is 2.29 bits per heavy atom. The van der Waals surface area contributed by atoms with Crippen LogP contribution in [0.2, 0.25) is 0 Å². The van der Waals surface area contributed by atoms with Gasteiger partial charge in [-0.05, 0) is 18.2 Å². The second-order valence-electron chi connectivity index (χ2n) is 3.23. The van der Waals surface area contributed by atoms with Gasteiger partial charge < -0.3 is 10.1 Å². The molecule has 2 aromatic heterocycles. The predicted octanol–water partition coefficient (Wildman–Crippen LogP) is 0.598. The number of carbonyl (C=O) groups excluding carboxylic acids is 1. The lowest BCUT2D eigenvalue weighted by atomic mass is 10.4. The molecule has 0 bridgehead atoms. The molecule has 0 aliphatic rings. The maximum absolute atomic E-state index is 11.1. The van der Waals surface area contributed by atoms with Gasteiger partial charge in [-0.1, -0.05) is 0 Å². The van der Waals surface area contributed by atoms with Gasteiger partial charge in [0.2, 0.25) is 0 Å². The summed E-state index contributed by atoms with van der Waals surface area (Å²) in [4.78, 5) is 11.1. The first-order chi connectivity index (χ1) is 8.29. The summed E-state index contributed by atoms with van der Waals surface area (Å²) < 4.78 is 4.52. The molecule has 2 heterocycles. The minimum Gasteiger partial charge on any atom is -0.464 e. The lowest BCUT2D eigenvalue weighted by molar-refractivity contribution is 0.0593. The van der Waals surface area contributed by atoms with Crippen LogP contribution in [0.4, 0.5) is 5.82 Å². The van der Waals surface area contributed by atoms with E-state index in [0.29, 0.717) is 12.4 Å². The zero-order chi connectivity index (χ0) is 12.1. The standard InChI is InChI=1S/C10H11N5O2/c1-17-10(16)8-2-3-9(15-14-8)11-6-7-4-5-12-13-7/h2-5H,6H2,1H3,(H,11,15)(H,12,13). The number of nitrogens with zero attached hydrogens (tertiary/aromatic N) is 3. The average molecular weight is 233 g/mol. The topological polar surface area (TPSA) is 92.8 Å². The molecule has 0 saturated carbocycles. The first-order valence-electron chi connectivity index (χ1n) is 4.94. The molecule has 0 aliphatic carbocycles. The Balaban J connectivity index is 1.96. The number of hydrogen-bond donors (Lipinski definition) is 2. The highest BCUT2D eigenvalue weighted by atomic mass is 16.5. The molecule has 7 nitrogen and oxygen atoms in total. The van der Waals surface area contributed by atoms with Gasteiger partial charge in [-0.2, -0.15) is 5.10 Å². The van der Waals surface area contributed by atoms with Gasteiger partial charge in [0.15, 0.2) is 5.69 Å². The number of carbonyl (C=O) groups is 1. The van der Waals surface area contributed by atoms with E-state index >= 15 is 0 Å². The maximum Gasteiger partial charge on any atom is 0.358 e. The van der Waals surface area contributed by atoms with Gasteiger partial charge in [-0.15, -0.1) is 10.2 Å². The number of anilines is 1. The molecule has 0 atom stereocenters. The third-order valence-electron chi connectivity index (χ3n) is 2.08. The van der Waals surface area contributed by atoms with Crippen LogP contribution in [-0.4, -0.2) is 33.5 Å². The van der Waals surface area contributed by atoms with Crippen molar-refractivity contribution in [3.63, 3.8) is 0 Å². The van der Waals surface area contributed by atoms with Gasteiger partial charge in [-0.25, -0.2) is 4.79 Å². The van der Waals surface area contributed by atoms with Crippen molar-refractivity contribution in [1.29, 1.82) is 0 Å². The van der Waals surface area contributed by atoms with Gasteiger partial charge in [0.05, 0.1) is 19.3 Å². The van der Waals surface area contributed by atoms with E-state index in [1.807, 2.05) is 6.07 Å². The van der Waals surface area contributed by atoms with Gasteiger partial charge in [-0.3, -0.25) is 5.10 Å². The van der Waals surface area contributed by atoms with Crippen molar-refractivity contribution in [3.05, 3.63) is 35.8 Å². The van der Waals surface area contributed by atoms with E-state index in [1.54, 1.807) is 18.3 Å². The molecule has 2 aromatic rings. The number of ether oxygens (including phenoxy) is 1. The minimum absolute atomic E-state index is 0.180. The van der Waals surface area contributed by atoms with Crippen LogP contribution < -0.4 is 5.32 Å².